The van der Waals surface area contributed by atoms with Crippen LogP contribution in [0, 0.1) is 5.92 Å². The molecule has 1 atom stereocenters. The van der Waals surface area contributed by atoms with Crippen LogP contribution in [-0.4, -0.2) is 29.2 Å². The molecule has 0 saturated heterocycles. The van der Waals surface area contributed by atoms with Gasteiger partial charge in [-0.3, -0.25) is 9.59 Å². The number of nitrogens with zero attached hydrogens (tertiary/aromatic N) is 1. The molecule has 0 aromatic heterocycles. The summed E-state index contributed by atoms with van der Waals surface area (Å²) in [4.78, 5) is 26.7. The predicted octanol–water partition coefficient (Wildman–Crippen LogP) is 4.86. The van der Waals surface area contributed by atoms with Crippen LogP contribution in [-0.2, 0) is 11.3 Å². The largest absolute Gasteiger partial charge is 0.483 e. The second kappa shape index (κ2) is 8.70. The van der Waals surface area contributed by atoms with Crippen LogP contribution >= 0.6 is 15.9 Å². The van der Waals surface area contributed by atoms with E-state index in [4.69, 9.17) is 4.74 Å². The molecule has 2 aromatic rings. The Morgan fingerprint density at radius 2 is 1.89 bits per heavy atom. The molecule has 0 heterocycles. The van der Waals surface area contributed by atoms with E-state index in [-0.39, 0.29) is 24.3 Å². The molecule has 3 rings (SSSR count). The number of hydrogen-bond acceptors (Lipinski definition) is 3. The van der Waals surface area contributed by atoms with Crippen molar-refractivity contribution in [2.45, 2.75) is 39.3 Å². The molecule has 0 spiro atoms. The maximum absolute atomic E-state index is 12.9. The van der Waals surface area contributed by atoms with Gasteiger partial charge in [-0.2, -0.15) is 0 Å². The lowest BCUT2D eigenvalue weighted by atomic mass is 10.1. The molecule has 1 aliphatic carbocycles. The van der Waals surface area contributed by atoms with E-state index in [0.29, 0.717) is 23.8 Å². The quantitative estimate of drug-likeness (QED) is 0.562. The van der Waals surface area contributed by atoms with Gasteiger partial charge in [-0.05, 0) is 56.4 Å². The third-order valence-corrected chi connectivity index (χ3v) is 5.48. The molecule has 4 nitrogen and oxygen atoms in total. The zero-order valence-electron chi connectivity index (χ0n) is 15.7. The van der Waals surface area contributed by atoms with E-state index >= 15 is 0 Å². The Balaban J connectivity index is 1.72. The van der Waals surface area contributed by atoms with Crippen LogP contribution in [0.3, 0.4) is 0 Å². The van der Waals surface area contributed by atoms with Gasteiger partial charge in [-0.25, -0.2) is 0 Å². The highest BCUT2D eigenvalue weighted by atomic mass is 79.9. The van der Waals surface area contributed by atoms with Gasteiger partial charge in [0.2, 0.25) is 0 Å². The maximum Gasteiger partial charge on any atom is 0.261 e. The lowest BCUT2D eigenvalue weighted by molar-refractivity contribution is -0.136. The normalized spacial score (nSPS) is 14.5. The lowest BCUT2D eigenvalue weighted by Gasteiger charge is -2.29. The first-order valence-corrected chi connectivity index (χ1v) is 10.0. The van der Waals surface area contributed by atoms with Gasteiger partial charge in [0.15, 0.2) is 12.4 Å². The number of Topliss-reactive ketones (excluding diaryl/α,β-unsaturated/α-hetero) is 1. The summed E-state index contributed by atoms with van der Waals surface area (Å²) in [5.41, 5.74) is 1.58. The number of carbonyl (C=O) groups is 2. The Morgan fingerprint density at radius 1 is 1.19 bits per heavy atom. The number of ketones is 1. The lowest BCUT2D eigenvalue weighted by Crippen LogP contribution is -2.42. The fourth-order valence-electron chi connectivity index (χ4n) is 3.20. The number of halogens is 1. The zero-order chi connectivity index (χ0) is 19.4. The van der Waals surface area contributed by atoms with Crippen LogP contribution in [0.15, 0.2) is 53.0 Å². The van der Waals surface area contributed by atoms with Gasteiger partial charge in [-0.15, -0.1) is 0 Å². The average Bonchev–Trinajstić information content (AvgIpc) is 3.50. The Morgan fingerprint density at radius 3 is 2.52 bits per heavy atom. The molecule has 1 fully saturated rings. The SMILES string of the molecule is CC(=O)c1cc(Br)ccc1OCC(=O)N(Cc1ccccc1)[C@H](C)C1CC1. The Kier molecular flexibility index (Phi) is 6.32. The number of benzene rings is 2. The van der Waals surface area contributed by atoms with Crippen LogP contribution in [0.25, 0.3) is 0 Å². The van der Waals surface area contributed by atoms with Gasteiger partial charge in [0.25, 0.3) is 5.91 Å². The minimum atomic E-state index is -0.0914. The molecule has 1 amide bonds. The molecule has 1 saturated carbocycles. The topological polar surface area (TPSA) is 46.6 Å². The molecular formula is C22H24BrNO3. The van der Waals surface area contributed by atoms with Gasteiger partial charge in [0, 0.05) is 17.1 Å². The van der Waals surface area contributed by atoms with Crippen molar-refractivity contribution in [1.82, 2.24) is 4.90 Å². The van der Waals surface area contributed by atoms with Gasteiger partial charge in [-0.1, -0.05) is 46.3 Å². The number of ether oxygens (including phenoxy) is 1. The number of carbonyl (C=O) groups excluding carboxylic acids is 2. The van der Waals surface area contributed by atoms with Crippen molar-refractivity contribution in [1.29, 1.82) is 0 Å². The summed E-state index contributed by atoms with van der Waals surface area (Å²) in [5, 5.41) is 0. The van der Waals surface area contributed by atoms with Gasteiger partial charge in [0.1, 0.15) is 5.75 Å². The zero-order valence-corrected chi connectivity index (χ0v) is 17.2. The first kappa shape index (κ1) is 19.6. The fourth-order valence-corrected chi connectivity index (χ4v) is 3.56. The van der Waals surface area contributed by atoms with Crippen LogP contribution < -0.4 is 4.74 Å². The third kappa shape index (κ3) is 5.19. The standard InChI is InChI=1S/C22H24BrNO3/c1-15(18-8-9-18)24(13-17-6-4-3-5-7-17)22(26)14-27-21-11-10-19(23)12-20(21)16(2)25/h3-7,10-12,15,18H,8-9,13-14H2,1-2H3/t15-/m1/s1. The van der Waals surface area contributed by atoms with E-state index in [9.17, 15) is 9.59 Å². The molecule has 0 bridgehead atoms. The summed E-state index contributed by atoms with van der Waals surface area (Å²) in [6, 6.07) is 15.4. The molecule has 0 unspecified atom stereocenters. The molecule has 0 radical (unpaired) electrons. The molecular weight excluding hydrogens is 406 g/mol. The van der Waals surface area contributed by atoms with Crippen molar-refractivity contribution in [3.8, 4) is 5.75 Å². The van der Waals surface area contributed by atoms with Gasteiger partial charge < -0.3 is 9.64 Å². The van der Waals surface area contributed by atoms with Crippen molar-refractivity contribution in [2.75, 3.05) is 6.61 Å². The second-order valence-corrected chi connectivity index (χ2v) is 7.99. The first-order valence-electron chi connectivity index (χ1n) is 9.22. The predicted molar refractivity (Wildman–Crippen MR) is 109 cm³/mol. The highest BCUT2D eigenvalue weighted by Crippen LogP contribution is 2.35. The van der Waals surface area contributed by atoms with Gasteiger partial charge in [0.05, 0.1) is 5.56 Å². The molecule has 1 aliphatic rings. The van der Waals surface area contributed by atoms with E-state index in [2.05, 4.69) is 22.9 Å². The van der Waals surface area contributed by atoms with Crippen LogP contribution in [0.5, 0.6) is 5.75 Å². The number of hydrogen-bond donors (Lipinski definition) is 0. The summed E-state index contributed by atoms with van der Waals surface area (Å²) in [6.07, 6.45) is 2.34. The minimum absolute atomic E-state index is 0.0596. The minimum Gasteiger partial charge on any atom is -0.483 e. The Labute approximate surface area is 168 Å². The Bertz CT molecular complexity index is 818. The van der Waals surface area contributed by atoms with Crippen LogP contribution in [0.4, 0.5) is 0 Å². The average molecular weight is 430 g/mol. The molecule has 142 valence electrons. The monoisotopic (exact) mass is 429 g/mol. The van der Waals surface area contributed by atoms with Crippen molar-refractivity contribution < 1.29 is 14.3 Å². The van der Waals surface area contributed by atoms with Gasteiger partial charge >= 0.3 is 0 Å². The summed E-state index contributed by atoms with van der Waals surface area (Å²) >= 11 is 3.36. The van der Waals surface area contributed by atoms with Crippen molar-refractivity contribution in [3.05, 3.63) is 64.1 Å². The highest BCUT2D eigenvalue weighted by Gasteiger charge is 2.34. The molecule has 5 heteroatoms. The van der Waals surface area contributed by atoms with E-state index in [0.717, 1.165) is 10.0 Å². The van der Waals surface area contributed by atoms with E-state index in [1.165, 1.54) is 19.8 Å². The van der Waals surface area contributed by atoms with Crippen LogP contribution in [0.2, 0.25) is 0 Å². The van der Waals surface area contributed by atoms with E-state index < -0.39 is 0 Å². The fraction of sp³-hybridized carbons (Fsp3) is 0.364. The van der Waals surface area contributed by atoms with E-state index in [1.807, 2.05) is 35.2 Å². The van der Waals surface area contributed by atoms with Crippen LogP contribution in [0.1, 0.15) is 42.6 Å². The molecule has 0 aliphatic heterocycles. The van der Waals surface area contributed by atoms with E-state index in [1.54, 1.807) is 18.2 Å². The molecule has 0 N–H and O–H groups in total. The molecule has 27 heavy (non-hydrogen) atoms. The van der Waals surface area contributed by atoms with Crippen molar-refractivity contribution in [3.63, 3.8) is 0 Å². The highest BCUT2D eigenvalue weighted by molar-refractivity contribution is 9.10. The second-order valence-electron chi connectivity index (χ2n) is 7.07. The Hall–Kier alpha value is -2.14. The number of amides is 1. The first-order chi connectivity index (χ1) is 13.0. The summed E-state index contributed by atoms with van der Waals surface area (Å²) in [6.45, 7) is 4.10. The number of rotatable bonds is 8. The smallest absolute Gasteiger partial charge is 0.261 e. The third-order valence-electron chi connectivity index (χ3n) is 4.98. The summed E-state index contributed by atoms with van der Waals surface area (Å²) in [7, 11) is 0. The maximum atomic E-state index is 12.9. The summed E-state index contributed by atoms with van der Waals surface area (Å²) < 4.78 is 6.56. The van der Waals surface area contributed by atoms with Crippen molar-refractivity contribution >= 4 is 27.6 Å². The summed E-state index contributed by atoms with van der Waals surface area (Å²) in [5.74, 6) is 0.859. The van der Waals surface area contributed by atoms with Crippen molar-refractivity contribution in [2.24, 2.45) is 5.92 Å². The molecule has 2 aromatic carbocycles.